The molecule has 2 aromatic heterocycles. The van der Waals surface area contributed by atoms with Crippen LogP contribution in [-0.2, 0) is 22.5 Å². The monoisotopic (exact) mass is 468 g/mol. The van der Waals surface area contributed by atoms with Crippen LogP contribution >= 0.6 is 11.3 Å². The maximum absolute atomic E-state index is 13.1. The topological polar surface area (TPSA) is 133 Å². The third kappa shape index (κ3) is 4.51. The summed E-state index contributed by atoms with van der Waals surface area (Å²) in [6.07, 6.45) is 2.62. The van der Waals surface area contributed by atoms with Crippen molar-refractivity contribution >= 4 is 45.0 Å². The molecule has 1 aliphatic heterocycles. The second-order valence-electron chi connectivity index (χ2n) is 8.01. The number of benzene rings is 1. The minimum atomic E-state index is -1.08. The summed E-state index contributed by atoms with van der Waals surface area (Å²) >= 11 is 1.11. The van der Waals surface area contributed by atoms with E-state index in [1.165, 1.54) is 31.2 Å². The first kappa shape index (κ1) is 22.7. The predicted octanol–water partition coefficient (Wildman–Crippen LogP) is 2.78. The molecule has 0 unspecified atom stereocenters. The number of hydrogen-bond acceptors (Lipinski definition) is 7. The number of nitrogens with two attached hydrogens (primary N) is 1. The van der Waals surface area contributed by atoms with Gasteiger partial charge in [0.25, 0.3) is 11.5 Å². The van der Waals surface area contributed by atoms with Crippen molar-refractivity contribution in [3.05, 3.63) is 56.4 Å². The Morgan fingerprint density at radius 3 is 2.61 bits per heavy atom. The molecule has 0 fully saturated rings. The highest BCUT2D eigenvalue weighted by Gasteiger charge is 2.26. The number of ether oxygens (including phenoxy) is 1. The number of aromatic nitrogens is 2. The molecule has 4 rings (SSSR count). The summed E-state index contributed by atoms with van der Waals surface area (Å²) in [7, 11) is 0. The normalized spacial score (nSPS) is 14.2. The van der Waals surface area contributed by atoms with Gasteiger partial charge in [-0.3, -0.25) is 19.0 Å². The number of esters is 1. The molecule has 33 heavy (non-hydrogen) atoms. The van der Waals surface area contributed by atoms with Gasteiger partial charge < -0.3 is 15.8 Å². The van der Waals surface area contributed by atoms with Crippen LogP contribution < -0.4 is 16.6 Å². The Bertz CT molecular complexity index is 1310. The highest BCUT2D eigenvalue weighted by molar-refractivity contribution is 7.20. The molecule has 1 aromatic carbocycles. The van der Waals surface area contributed by atoms with Gasteiger partial charge in [0, 0.05) is 24.2 Å². The molecule has 9 nitrogen and oxygen atoms in total. The van der Waals surface area contributed by atoms with Crippen molar-refractivity contribution in [1.29, 1.82) is 0 Å². The maximum Gasteiger partial charge on any atom is 0.349 e. The van der Waals surface area contributed by atoms with Gasteiger partial charge >= 0.3 is 5.97 Å². The number of thiophene rings is 1. The van der Waals surface area contributed by atoms with Crippen LogP contribution in [0.5, 0.6) is 0 Å². The second kappa shape index (κ2) is 9.14. The summed E-state index contributed by atoms with van der Waals surface area (Å²) in [6.45, 7) is 3.79. The SMILES string of the molecule is Cc1c(C(=O)O[C@@H](C)C(=O)Nc2ccc(C(N)=O)cc2)sc2nc3n(c(=O)c12)CCCCC3. The first-order chi connectivity index (χ1) is 15.8. The lowest BCUT2D eigenvalue weighted by atomic mass is 10.2. The molecule has 1 atom stereocenters. The quantitative estimate of drug-likeness (QED) is 0.553. The summed E-state index contributed by atoms with van der Waals surface area (Å²) in [5, 5.41) is 3.06. The zero-order valence-corrected chi connectivity index (χ0v) is 19.2. The maximum atomic E-state index is 13.1. The number of anilines is 1. The van der Waals surface area contributed by atoms with Crippen molar-refractivity contribution in [2.45, 2.75) is 52.2 Å². The van der Waals surface area contributed by atoms with E-state index in [-0.39, 0.29) is 10.4 Å². The summed E-state index contributed by atoms with van der Waals surface area (Å²) < 4.78 is 7.09. The first-order valence-electron chi connectivity index (χ1n) is 10.7. The van der Waals surface area contributed by atoms with Crippen molar-refractivity contribution in [2.75, 3.05) is 5.32 Å². The highest BCUT2D eigenvalue weighted by Crippen LogP contribution is 2.29. The van der Waals surface area contributed by atoms with Gasteiger partial charge in [0.1, 0.15) is 15.5 Å². The highest BCUT2D eigenvalue weighted by atomic mass is 32.1. The number of carbonyl (C=O) groups is 3. The number of fused-ring (bicyclic) bond motifs is 2. The lowest BCUT2D eigenvalue weighted by Gasteiger charge is -2.13. The molecule has 3 N–H and O–H groups in total. The number of rotatable bonds is 5. The van der Waals surface area contributed by atoms with Crippen LogP contribution in [0.2, 0.25) is 0 Å². The minimum Gasteiger partial charge on any atom is -0.448 e. The van der Waals surface area contributed by atoms with Crippen molar-refractivity contribution in [3.8, 4) is 0 Å². The van der Waals surface area contributed by atoms with E-state index < -0.39 is 23.9 Å². The third-order valence-corrected chi connectivity index (χ3v) is 6.85. The van der Waals surface area contributed by atoms with Crippen LogP contribution in [0.15, 0.2) is 29.1 Å². The average molecular weight is 469 g/mol. The van der Waals surface area contributed by atoms with E-state index in [0.717, 1.165) is 42.8 Å². The van der Waals surface area contributed by atoms with Crippen molar-refractivity contribution in [3.63, 3.8) is 0 Å². The zero-order valence-electron chi connectivity index (χ0n) is 18.3. The molecule has 3 aromatic rings. The molecule has 10 heteroatoms. The van der Waals surface area contributed by atoms with Crippen molar-refractivity contribution < 1.29 is 19.1 Å². The summed E-state index contributed by atoms with van der Waals surface area (Å²) in [4.78, 5) is 55.0. The molecule has 172 valence electrons. The molecule has 0 aliphatic carbocycles. The lowest BCUT2D eigenvalue weighted by molar-refractivity contribution is -0.123. The molecule has 0 saturated heterocycles. The number of carbonyl (C=O) groups excluding carboxylic acids is 3. The van der Waals surface area contributed by atoms with Crippen LogP contribution in [-0.4, -0.2) is 33.4 Å². The van der Waals surface area contributed by atoms with Crippen molar-refractivity contribution in [2.24, 2.45) is 5.73 Å². The molecule has 0 spiro atoms. The van der Waals surface area contributed by atoms with E-state index >= 15 is 0 Å². The zero-order chi connectivity index (χ0) is 23.7. The largest absolute Gasteiger partial charge is 0.448 e. The fourth-order valence-corrected chi connectivity index (χ4v) is 4.91. The Kier molecular flexibility index (Phi) is 6.28. The fraction of sp³-hybridized carbons (Fsp3) is 0.348. The van der Waals surface area contributed by atoms with Crippen molar-refractivity contribution in [1.82, 2.24) is 9.55 Å². The standard InChI is InChI=1S/C23H24N4O5S/c1-12-17-21(26-16-6-4-3-5-11-27(16)22(17)30)33-18(12)23(31)32-13(2)20(29)25-15-9-7-14(8-10-15)19(24)28/h7-10,13H,3-6,11H2,1-2H3,(H2,24,28)(H,25,29)/t13-/m0/s1. The van der Waals surface area contributed by atoms with E-state index in [1.54, 1.807) is 11.5 Å². The summed E-state index contributed by atoms with van der Waals surface area (Å²) in [5.41, 5.74) is 6.35. The van der Waals surface area contributed by atoms with Crippen LogP contribution in [0.4, 0.5) is 5.69 Å². The van der Waals surface area contributed by atoms with Crippen LogP contribution in [0.25, 0.3) is 10.2 Å². The molecule has 3 heterocycles. The van der Waals surface area contributed by atoms with Crippen LogP contribution in [0.3, 0.4) is 0 Å². The molecule has 0 saturated carbocycles. The number of nitrogens with one attached hydrogen (secondary N) is 1. The fourth-order valence-electron chi connectivity index (χ4n) is 3.83. The second-order valence-corrected chi connectivity index (χ2v) is 9.01. The Morgan fingerprint density at radius 2 is 1.91 bits per heavy atom. The van der Waals surface area contributed by atoms with Gasteiger partial charge in [-0.05, 0) is 56.5 Å². The van der Waals surface area contributed by atoms with Gasteiger partial charge in [-0.1, -0.05) is 6.42 Å². The van der Waals surface area contributed by atoms with Gasteiger partial charge in [0.15, 0.2) is 6.10 Å². The number of amides is 2. The van der Waals surface area contributed by atoms with Gasteiger partial charge in [0.05, 0.1) is 5.39 Å². The Labute approximate surface area is 193 Å². The van der Waals surface area contributed by atoms with Gasteiger partial charge in [-0.15, -0.1) is 11.3 Å². The smallest absolute Gasteiger partial charge is 0.349 e. The minimum absolute atomic E-state index is 0.130. The summed E-state index contributed by atoms with van der Waals surface area (Å²) in [5.74, 6) is -1.03. The first-order valence-corrected chi connectivity index (χ1v) is 11.5. The van der Waals surface area contributed by atoms with Gasteiger partial charge in [-0.25, -0.2) is 9.78 Å². The Balaban J connectivity index is 1.51. The molecular formula is C23H24N4O5S. The summed E-state index contributed by atoms with van der Waals surface area (Å²) in [6, 6.07) is 6.04. The third-order valence-electron chi connectivity index (χ3n) is 5.69. The molecular weight excluding hydrogens is 444 g/mol. The molecule has 0 radical (unpaired) electrons. The van der Waals surface area contributed by atoms with E-state index in [4.69, 9.17) is 10.5 Å². The van der Waals surface area contributed by atoms with Gasteiger partial charge in [0.2, 0.25) is 5.91 Å². The molecule has 0 bridgehead atoms. The average Bonchev–Trinajstić information content (AvgIpc) is 2.95. The van der Waals surface area contributed by atoms with E-state index in [1.807, 2.05) is 0 Å². The number of nitrogens with zero attached hydrogens (tertiary/aromatic N) is 2. The number of hydrogen-bond donors (Lipinski definition) is 2. The lowest BCUT2D eigenvalue weighted by Crippen LogP contribution is -2.30. The molecule has 2 amide bonds. The molecule has 1 aliphatic rings. The number of aryl methyl sites for hydroxylation is 2. The van der Waals surface area contributed by atoms with Crippen LogP contribution in [0.1, 0.15) is 57.6 Å². The Morgan fingerprint density at radius 1 is 1.18 bits per heavy atom. The predicted molar refractivity (Wildman–Crippen MR) is 125 cm³/mol. The van der Waals surface area contributed by atoms with E-state index in [0.29, 0.717) is 33.6 Å². The van der Waals surface area contributed by atoms with Gasteiger partial charge in [-0.2, -0.15) is 0 Å². The number of primary amides is 1. The van der Waals surface area contributed by atoms with E-state index in [9.17, 15) is 19.2 Å². The van der Waals surface area contributed by atoms with Crippen LogP contribution in [0, 0.1) is 6.92 Å². The van der Waals surface area contributed by atoms with E-state index in [2.05, 4.69) is 10.3 Å². The Hall–Kier alpha value is -3.53.